The number of hydrogen-bond acceptors (Lipinski definition) is 4. The van der Waals surface area contributed by atoms with Crippen LogP contribution in [-0.2, 0) is 9.84 Å². The third kappa shape index (κ3) is 1.92. The Morgan fingerprint density at radius 1 is 1.50 bits per heavy atom. The standard InChI is InChI=1S/C6H7ClN2O2S/c1-4-6(7)9-5(3-8-4)12(2,10)11/h3H,1-2H3. The van der Waals surface area contributed by atoms with Gasteiger partial charge >= 0.3 is 0 Å². The first-order valence-corrected chi connectivity index (χ1v) is 5.37. The van der Waals surface area contributed by atoms with Crippen molar-refractivity contribution in [1.82, 2.24) is 9.97 Å². The maximum Gasteiger partial charge on any atom is 0.194 e. The fourth-order valence-electron chi connectivity index (χ4n) is 0.590. The predicted octanol–water partition coefficient (Wildman–Crippen LogP) is 0.842. The van der Waals surface area contributed by atoms with E-state index in [0.717, 1.165) is 6.26 Å². The highest BCUT2D eigenvalue weighted by Gasteiger charge is 2.10. The van der Waals surface area contributed by atoms with Gasteiger partial charge in [0.15, 0.2) is 20.0 Å². The van der Waals surface area contributed by atoms with Gasteiger partial charge in [0.25, 0.3) is 0 Å². The molecule has 0 N–H and O–H groups in total. The minimum atomic E-state index is -3.30. The normalized spacial score (nSPS) is 11.6. The van der Waals surface area contributed by atoms with Crippen LogP contribution < -0.4 is 0 Å². The first-order chi connectivity index (χ1) is 5.41. The third-order valence-electron chi connectivity index (χ3n) is 1.26. The summed E-state index contributed by atoms with van der Waals surface area (Å²) in [5.41, 5.74) is 0.518. The molecule has 0 spiro atoms. The van der Waals surface area contributed by atoms with E-state index >= 15 is 0 Å². The minimum Gasteiger partial charge on any atom is -0.255 e. The third-order valence-corrected chi connectivity index (χ3v) is 2.57. The Labute approximate surface area is 75.5 Å². The molecule has 0 aliphatic rings. The summed E-state index contributed by atoms with van der Waals surface area (Å²) in [6.45, 7) is 1.65. The van der Waals surface area contributed by atoms with Crippen LogP contribution in [0.15, 0.2) is 11.2 Å². The quantitative estimate of drug-likeness (QED) is 0.683. The van der Waals surface area contributed by atoms with Crippen LogP contribution in [0.4, 0.5) is 0 Å². The second-order valence-electron chi connectivity index (χ2n) is 2.36. The van der Waals surface area contributed by atoms with E-state index in [2.05, 4.69) is 9.97 Å². The lowest BCUT2D eigenvalue weighted by molar-refractivity contribution is 0.597. The van der Waals surface area contributed by atoms with Crippen LogP contribution in [0, 0.1) is 6.92 Å². The maximum atomic E-state index is 10.9. The summed E-state index contributed by atoms with van der Waals surface area (Å²) >= 11 is 5.58. The summed E-state index contributed by atoms with van der Waals surface area (Å²) in [5.74, 6) is 0. The van der Waals surface area contributed by atoms with Gasteiger partial charge in [-0.05, 0) is 6.92 Å². The molecule has 0 radical (unpaired) electrons. The summed E-state index contributed by atoms with van der Waals surface area (Å²) in [7, 11) is -3.30. The zero-order valence-electron chi connectivity index (χ0n) is 6.57. The molecule has 0 saturated carbocycles. The maximum absolute atomic E-state index is 10.9. The summed E-state index contributed by atoms with van der Waals surface area (Å²) < 4.78 is 21.9. The zero-order chi connectivity index (χ0) is 9.35. The molecule has 6 heteroatoms. The average molecular weight is 207 g/mol. The van der Waals surface area contributed by atoms with Gasteiger partial charge in [-0.15, -0.1) is 0 Å². The van der Waals surface area contributed by atoms with E-state index in [-0.39, 0.29) is 10.2 Å². The Balaban J connectivity index is 3.33. The molecule has 1 heterocycles. The molecule has 0 unspecified atom stereocenters. The SMILES string of the molecule is Cc1ncc(S(C)(=O)=O)nc1Cl. The van der Waals surface area contributed by atoms with E-state index in [1.54, 1.807) is 6.92 Å². The Morgan fingerprint density at radius 2 is 2.08 bits per heavy atom. The molecule has 1 aromatic rings. The van der Waals surface area contributed by atoms with Gasteiger partial charge in [0.2, 0.25) is 0 Å². The second-order valence-corrected chi connectivity index (χ2v) is 4.68. The summed E-state index contributed by atoms with van der Waals surface area (Å²) in [5, 5.41) is 0.0241. The number of nitrogens with zero attached hydrogens (tertiary/aromatic N) is 2. The van der Waals surface area contributed by atoms with E-state index in [4.69, 9.17) is 11.6 Å². The summed E-state index contributed by atoms with van der Waals surface area (Å²) in [6, 6.07) is 0. The molecule has 0 saturated heterocycles. The highest BCUT2D eigenvalue weighted by Crippen LogP contribution is 2.11. The predicted molar refractivity (Wildman–Crippen MR) is 44.9 cm³/mol. The fraction of sp³-hybridized carbons (Fsp3) is 0.333. The molecule has 0 amide bonds. The van der Waals surface area contributed by atoms with Gasteiger partial charge < -0.3 is 0 Å². The lowest BCUT2D eigenvalue weighted by atomic mass is 10.5. The number of aryl methyl sites for hydroxylation is 1. The molecule has 0 bridgehead atoms. The van der Waals surface area contributed by atoms with Crippen LogP contribution in [0.25, 0.3) is 0 Å². The molecule has 0 aromatic carbocycles. The Hall–Kier alpha value is -0.680. The number of aromatic nitrogens is 2. The highest BCUT2D eigenvalue weighted by molar-refractivity contribution is 7.90. The molecule has 0 aliphatic heterocycles. The van der Waals surface area contributed by atoms with E-state index in [9.17, 15) is 8.42 Å². The van der Waals surface area contributed by atoms with E-state index < -0.39 is 9.84 Å². The van der Waals surface area contributed by atoms with Crippen molar-refractivity contribution in [2.45, 2.75) is 11.9 Å². The number of halogens is 1. The molecule has 0 atom stereocenters. The largest absolute Gasteiger partial charge is 0.255 e. The molecular weight excluding hydrogens is 200 g/mol. The van der Waals surface area contributed by atoms with Crippen molar-refractivity contribution >= 4 is 21.4 Å². The fourth-order valence-corrected chi connectivity index (χ4v) is 1.28. The smallest absolute Gasteiger partial charge is 0.194 e. The van der Waals surface area contributed by atoms with Crippen LogP contribution in [0.3, 0.4) is 0 Å². The van der Waals surface area contributed by atoms with Crippen LogP contribution in [0.2, 0.25) is 5.15 Å². The van der Waals surface area contributed by atoms with Crippen molar-refractivity contribution in [1.29, 1.82) is 0 Å². The van der Waals surface area contributed by atoms with Gasteiger partial charge in [-0.25, -0.2) is 13.4 Å². The highest BCUT2D eigenvalue weighted by atomic mass is 35.5. The van der Waals surface area contributed by atoms with Gasteiger partial charge in [-0.3, -0.25) is 4.98 Å². The zero-order valence-corrected chi connectivity index (χ0v) is 8.15. The van der Waals surface area contributed by atoms with E-state index in [1.165, 1.54) is 6.20 Å². The average Bonchev–Trinajstić information content (AvgIpc) is 1.92. The van der Waals surface area contributed by atoms with Crippen LogP contribution in [-0.4, -0.2) is 24.6 Å². The van der Waals surface area contributed by atoms with Gasteiger partial charge in [0.1, 0.15) is 0 Å². The molecule has 66 valence electrons. The van der Waals surface area contributed by atoms with Crippen molar-refractivity contribution < 1.29 is 8.42 Å². The molecule has 4 nitrogen and oxygen atoms in total. The van der Waals surface area contributed by atoms with Crippen molar-refractivity contribution in [2.75, 3.05) is 6.26 Å². The van der Waals surface area contributed by atoms with Crippen LogP contribution >= 0.6 is 11.6 Å². The van der Waals surface area contributed by atoms with Crippen molar-refractivity contribution in [3.8, 4) is 0 Å². The first kappa shape index (κ1) is 9.41. The van der Waals surface area contributed by atoms with Crippen molar-refractivity contribution in [3.63, 3.8) is 0 Å². The van der Waals surface area contributed by atoms with Gasteiger partial charge in [0.05, 0.1) is 11.9 Å². The molecule has 12 heavy (non-hydrogen) atoms. The Bertz CT molecular complexity index is 402. The number of rotatable bonds is 1. The molecule has 0 aliphatic carbocycles. The minimum absolute atomic E-state index is 0.0990. The molecule has 0 fully saturated rings. The monoisotopic (exact) mass is 206 g/mol. The Morgan fingerprint density at radius 3 is 2.50 bits per heavy atom. The first-order valence-electron chi connectivity index (χ1n) is 3.10. The molecule has 1 rings (SSSR count). The second kappa shape index (κ2) is 2.99. The molecular formula is C6H7ClN2O2S. The van der Waals surface area contributed by atoms with E-state index in [1.807, 2.05) is 0 Å². The number of hydrogen-bond donors (Lipinski definition) is 0. The Kier molecular flexibility index (Phi) is 2.34. The summed E-state index contributed by atoms with van der Waals surface area (Å²) in [4.78, 5) is 7.43. The van der Waals surface area contributed by atoms with Crippen LogP contribution in [0.1, 0.15) is 5.69 Å². The van der Waals surface area contributed by atoms with Gasteiger partial charge in [0, 0.05) is 6.26 Å². The molecule has 1 aromatic heterocycles. The van der Waals surface area contributed by atoms with Crippen molar-refractivity contribution in [2.24, 2.45) is 0 Å². The lowest BCUT2D eigenvalue weighted by Crippen LogP contribution is -2.02. The number of sulfone groups is 1. The lowest BCUT2D eigenvalue weighted by Gasteiger charge is -1.98. The van der Waals surface area contributed by atoms with Gasteiger partial charge in [-0.1, -0.05) is 11.6 Å². The summed E-state index contributed by atoms with van der Waals surface area (Å²) in [6.07, 6.45) is 2.25. The van der Waals surface area contributed by atoms with Crippen molar-refractivity contribution in [3.05, 3.63) is 17.0 Å². The van der Waals surface area contributed by atoms with Gasteiger partial charge in [-0.2, -0.15) is 0 Å². The van der Waals surface area contributed by atoms with Crippen LogP contribution in [0.5, 0.6) is 0 Å². The van der Waals surface area contributed by atoms with E-state index in [0.29, 0.717) is 5.69 Å². The topological polar surface area (TPSA) is 59.9 Å².